The third-order valence-corrected chi connectivity index (χ3v) is 12.6. The molecule has 0 saturated heterocycles. The van der Waals surface area contributed by atoms with Gasteiger partial charge in [0.1, 0.15) is 52.2 Å². The maximum atomic E-state index is 13.2. The third-order valence-electron chi connectivity index (χ3n) is 12.6. The number of hydrogen-bond donors (Lipinski definition) is 0. The smallest absolute Gasteiger partial charge is 0.354 e. The molecule has 0 aliphatic rings. The predicted molar refractivity (Wildman–Crippen MR) is 304 cm³/mol. The Bertz CT molecular complexity index is 3070. The zero-order valence-corrected chi connectivity index (χ0v) is 44.3. The average Bonchev–Trinajstić information content (AvgIpc) is 3.48. The van der Waals surface area contributed by atoms with Gasteiger partial charge in [0, 0.05) is 73.0 Å². The standard InChI is InChI=1S/C63H57N9O6/c1-7-70(8-2)52-25-13-43(14-26-52)37-49(40-64)61(73)76-55-31-19-46(20-32-55)58-67-59(47-21-33-56(34-22-47)77-62(74)50(41-65)38-44-15-27-53(28-16-44)71(9-3)10-4)69-60(68-58)48-23-35-57(36-24-48)78-63(75)51(42-66)39-45-17-29-54(30-18-45)72(11-5)12-6/h13-39H,7-12H2,1-6H3/b49-37+,50-38+,51-39+. The van der Waals surface area contributed by atoms with Gasteiger partial charge in [-0.3, -0.25) is 0 Å². The van der Waals surface area contributed by atoms with E-state index in [4.69, 9.17) is 29.2 Å². The van der Waals surface area contributed by atoms with Gasteiger partial charge in [-0.1, -0.05) is 36.4 Å². The van der Waals surface area contributed by atoms with Crippen LogP contribution in [0.25, 0.3) is 52.4 Å². The highest BCUT2D eigenvalue weighted by Gasteiger charge is 2.19. The molecule has 15 heteroatoms. The molecule has 0 unspecified atom stereocenters. The fourth-order valence-corrected chi connectivity index (χ4v) is 8.29. The summed E-state index contributed by atoms with van der Waals surface area (Å²) in [5.41, 5.74) is 6.14. The summed E-state index contributed by atoms with van der Waals surface area (Å²) in [7, 11) is 0. The summed E-state index contributed by atoms with van der Waals surface area (Å²) in [6.45, 7) is 17.5. The summed E-state index contributed by atoms with van der Waals surface area (Å²) in [6.07, 6.45) is 4.44. The Morgan fingerprint density at radius 2 is 0.590 bits per heavy atom. The first-order valence-corrected chi connectivity index (χ1v) is 25.6. The molecule has 1 aromatic heterocycles. The number of anilines is 3. The first kappa shape index (κ1) is 55.6. The lowest BCUT2D eigenvalue weighted by molar-refractivity contribution is -0.130. The number of nitriles is 3. The fourth-order valence-electron chi connectivity index (χ4n) is 8.29. The number of carbonyl (C=O) groups is 3. The van der Waals surface area contributed by atoms with Gasteiger partial charge >= 0.3 is 17.9 Å². The highest BCUT2D eigenvalue weighted by Crippen LogP contribution is 2.30. The molecule has 0 aliphatic heterocycles. The molecule has 0 saturated carbocycles. The Morgan fingerprint density at radius 1 is 0.372 bits per heavy atom. The number of hydrogen-bond acceptors (Lipinski definition) is 15. The van der Waals surface area contributed by atoms with Crippen LogP contribution in [-0.2, 0) is 14.4 Å². The molecule has 0 spiro atoms. The van der Waals surface area contributed by atoms with Crippen LogP contribution in [0.4, 0.5) is 17.1 Å². The molecule has 0 radical (unpaired) electrons. The van der Waals surface area contributed by atoms with Crippen molar-refractivity contribution in [3.63, 3.8) is 0 Å². The van der Waals surface area contributed by atoms with Gasteiger partial charge in [0.25, 0.3) is 0 Å². The second-order valence-corrected chi connectivity index (χ2v) is 17.3. The molecule has 0 bridgehead atoms. The van der Waals surface area contributed by atoms with Crippen LogP contribution < -0.4 is 28.9 Å². The van der Waals surface area contributed by atoms with Crippen LogP contribution in [0.2, 0.25) is 0 Å². The molecule has 6 aromatic carbocycles. The lowest BCUT2D eigenvalue weighted by Gasteiger charge is -2.20. The highest BCUT2D eigenvalue weighted by molar-refractivity contribution is 6.00. The molecule has 0 amide bonds. The quantitative estimate of drug-likeness (QED) is 0.0285. The predicted octanol–water partition coefficient (Wildman–Crippen LogP) is 11.9. The lowest BCUT2D eigenvalue weighted by atomic mass is 10.1. The van der Waals surface area contributed by atoms with Crippen molar-refractivity contribution < 1.29 is 28.6 Å². The summed E-state index contributed by atoms with van der Waals surface area (Å²) in [5.74, 6) is -1.22. The van der Waals surface area contributed by atoms with Crippen molar-refractivity contribution in [2.75, 3.05) is 54.0 Å². The monoisotopic (exact) mass is 1040 g/mol. The number of ether oxygens (including phenoxy) is 3. The highest BCUT2D eigenvalue weighted by atomic mass is 16.5. The number of rotatable bonds is 21. The molecule has 7 aromatic rings. The van der Waals surface area contributed by atoms with Crippen LogP contribution in [0.5, 0.6) is 17.2 Å². The largest absolute Gasteiger partial charge is 0.422 e. The SMILES string of the molecule is CCN(CC)c1ccc(/C=C(\C#N)C(=O)Oc2ccc(-c3nc(-c4ccc(OC(=O)/C(C#N)=C/c5ccc(N(CC)CC)cc5)cc4)nc(-c4ccc(OC(=O)/C(C#N)=C/c5ccc(N(CC)CC)cc5)cc4)n3)cc2)cc1. The maximum absolute atomic E-state index is 13.2. The van der Waals surface area contributed by atoms with E-state index in [1.807, 2.05) is 91.0 Å². The van der Waals surface area contributed by atoms with Gasteiger partial charge < -0.3 is 28.9 Å². The van der Waals surface area contributed by atoms with Crippen LogP contribution in [0.3, 0.4) is 0 Å². The van der Waals surface area contributed by atoms with E-state index in [1.54, 1.807) is 72.8 Å². The topological polar surface area (TPSA) is 199 Å². The van der Waals surface area contributed by atoms with E-state index in [2.05, 4.69) is 56.2 Å². The summed E-state index contributed by atoms with van der Waals surface area (Å²) >= 11 is 0. The van der Waals surface area contributed by atoms with Gasteiger partial charge in [-0.2, -0.15) is 15.8 Å². The molecule has 0 aliphatic carbocycles. The summed E-state index contributed by atoms with van der Waals surface area (Å²) in [5, 5.41) is 29.7. The second kappa shape index (κ2) is 26.9. The Balaban J connectivity index is 1.13. The first-order valence-electron chi connectivity index (χ1n) is 25.6. The zero-order valence-electron chi connectivity index (χ0n) is 44.3. The maximum Gasteiger partial charge on any atom is 0.354 e. The van der Waals surface area contributed by atoms with E-state index in [1.165, 1.54) is 18.2 Å². The van der Waals surface area contributed by atoms with Crippen molar-refractivity contribution in [1.82, 2.24) is 15.0 Å². The van der Waals surface area contributed by atoms with Gasteiger partial charge in [0.05, 0.1) is 0 Å². The molecule has 7 rings (SSSR count). The minimum atomic E-state index is -0.827. The van der Waals surface area contributed by atoms with Crippen molar-refractivity contribution in [3.8, 4) is 69.6 Å². The third kappa shape index (κ3) is 14.2. The molecule has 0 N–H and O–H groups in total. The van der Waals surface area contributed by atoms with E-state index >= 15 is 0 Å². The molecular weight excluding hydrogens is 979 g/mol. The Morgan fingerprint density at radius 3 is 0.782 bits per heavy atom. The van der Waals surface area contributed by atoms with Gasteiger partial charge in [-0.25, -0.2) is 29.3 Å². The van der Waals surface area contributed by atoms with Gasteiger partial charge in [0.15, 0.2) is 17.5 Å². The average molecular weight is 1040 g/mol. The van der Waals surface area contributed by atoms with E-state index in [0.29, 0.717) is 33.4 Å². The fraction of sp³-hybridized carbons (Fsp3) is 0.190. The van der Waals surface area contributed by atoms with Crippen molar-refractivity contribution in [3.05, 3.63) is 179 Å². The molecule has 390 valence electrons. The Hall–Kier alpha value is -10.2. The van der Waals surface area contributed by atoms with E-state index < -0.39 is 17.9 Å². The summed E-state index contributed by atoms with van der Waals surface area (Å²) < 4.78 is 16.9. The summed E-state index contributed by atoms with van der Waals surface area (Å²) in [6, 6.07) is 47.9. The van der Waals surface area contributed by atoms with Gasteiger partial charge in [0.2, 0.25) is 0 Å². The zero-order chi connectivity index (χ0) is 55.6. The number of aromatic nitrogens is 3. The number of esters is 3. The van der Waals surface area contributed by atoms with Crippen LogP contribution in [0.1, 0.15) is 58.2 Å². The molecule has 78 heavy (non-hydrogen) atoms. The minimum Gasteiger partial charge on any atom is -0.422 e. The second-order valence-electron chi connectivity index (χ2n) is 17.3. The van der Waals surface area contributed by atoms with E-state index in [9.17, 15) is 30.2 Å². The van der Waals surface area contributed by atoms with E-state index in [0.717, 1.165) is 56.3 Å². The van der Waals surface area contributed by atoms with Crippen LogP contribution in [0, 0.1) is 34.0 Å². The van der Waals surface area contributed by atoms with Crippen molar-refractivity contribution >= 4 is 53.2 Å². The van der Waals surface area contributed by atoms with Crippen molar-refractivity contribution in [2.24, 2.45) is 0 Å². The van der Waals surface area contributed by atoms with Crippen molar-refractivity contribution in [1.29, 1.82) is 15.8 Å². The van der Waals surface area contributed by atoms with Gasteiger partial charge in [-0.15, -0.1) is 0 Å². The minimum absolute atomic E-state index is 0.178. The molecule has 0 atom stereocenters. The number of carbonyl (C=O) groups excluding carboxylic acids is 3. The van der Waals surface area contributed by atoms with Crippen LogP contribution >= 0.6 is 0 Å². The summed E-state index contributed by atoms with van der Waals surface area (Å²) in [4.78, 5) is 60.7. The van der Waals surface area contributed by atoms with Crippen LogP contribution in [-0.4, -0.2) is 72.1 Å². The molecule has 1 heterocycles. The first-order chi connectivity index (χ1) is 37.9. The van der Waals surface area contributed by atoms with Crippen LogP contribution in [0.15, 0.2) is 162 Å². The molecule has 15 nitrogen and oxygen atoms in total. The number of benzene rings is 6. The Labute approximate surface area is 454 Å². The molecular formula is C63H57N9O6. The number of nitrogens with zero attached hydrogens (tertiary/aromatic N) is 9. The van der Waals surface area contributed by atoms with Crippen molar-refractivity contribution in [2.45, 2.75) is 41.5 Å². The van der Waals surface area contributed by atoms with Gasteiger partial charge in [-0.05, 0) is 186 Å². The molecule has 0 fully saturated rings. The Kier molecular flexibility index (Phi) is 19.1. The normalized spacial score (nSPS) is 11.3. The lowest BCUT2D eigenvalue weighted by Crippen LogP contribution is -2.21. The van der Waals surface area contributed by atoms with E-state index in [-0.39, 0.29) is 51.4 Å².